The van der Waals surface area contributed by atoms with Crippen molar-refractivity contribution in [3.05, 3.63) is 70.6 Å². The lowest BCUT2D eigenvalue weighted by Crippen LogP contribution is -2.06. The molecule has 1 N–H and O–H groups in total. The second kappa shape index (κ2) is 6.32. The number of aromatic nitrogens is 2. The molecule has 0 aliphatic carbocycles. The summed E-state index contributed by atoms with van der Waals surface area (Å²) in [5, 5.41) is 3.17. The van der Waals surface area contributed by atoms with Gasteiger partial charge in [0.1, 0.15) is 5.82 Å². The minimum Gasteiger partial charge on any atom is -0.351 e. The van der Waals surface area contributed by atoms with Crippen LogP contribution in [0, 0.1) is 5.82 Å². The molecule has 0 unspecified atom stereocenters. The molecule has 0 atom stereocenters. The number of halogens is 2. The molecule has 1 aromatic heterocycles. The molecule has 3 aromatic rings. The summed E-state index contributed by atoms with van der Waals surface area (Å²) in [5.41, 5.74) is 2.69. The first-order valence-corrected chi connectivity index (χ1v) is 7.69. The van der Waals surface area contributed by atoms with E-state index in [2.05, 4.69) is 26.2 Å². The maximum absolute atomic E-state index is 13.6. The Labute approximate surface area is 136 Å². The Morgan fingerprint density at radius 2 is 2.00 bits per heavy atom. The third-order valence-electron chi connectivity index (χ3n) is 3.50. The molecule has 0 aliphatic heterocycles. The molecule has 0 spiro atoms. The van der Waals surface area contributed by atoms with Crippen molar-refractivity contribution in [2.24, 2.45) is 7.05 Å². The number of rotatable bonds is 4. The quantitative estimate of drug-likeness (QED) is 0.737. The van der Waals surface area contributed by atoms with Crippen LogP contribution in [0.25, 0.3) is 11.3 Å². The van der Waals surface area contributed by atoms with Gasteiger partial charge in [-0.2, -0.15) is 0 Å². The molecule has 1 heterocycles. The van der Waals surface area contributed by atoms with Gasteiger partial charge in [-0.25, -0.2) is 9.37 Å². The lowest BCUT2D eigenvalue weighted by molar-refractivity contribution is 0.612. The largest absolute Gasteiger partial charge is 0.351 e. The topological polar surface area (TPSA) is 29.9 Å². The minimum absolute atomic E-state index is 0.212. The van der Waals surface area contributed by atoms with Gasteiger partial charge in [0, 0.05) is 29.2 Å². The maximum atomic E-state index is 13.6. The highest BCUT2D eigenvalue weighted by molar-refractivity contribution is 9.10. The third-order valence-corrected chi connectivity index (χ3v) is 4.00. The van der Waals surface area contributed by atoms with Crippen molar-refractivity contribution in [3.63, 3.8) is 0 Å². The third kappa shape index (κ3) is 3.04. The van der Waals surface area contributed by atoms with Gasteiger partial charge in [0.25, 0.3) is 0 Å². The van der Waals surface area contributed by atoms with Crippen LogP contribution in [0.5, 0.6) is 0 Å². The Hall–Kier alpha value is -2.14. The Kier molecular flexibility index (Phi) is 4.24. The fourth-order valence-electron chi connectivity index (χ4n) is 2.31. The van der Waals surface area contributed by atoms with Gasteiger partial charge in [-0.3, -0.25) is 0 Å². The number of benzene rings is 2. The van der Waals surface area contributed by atoms with Crippen molar-refractivity contribution in [1.82, 2.24) is 9.55 Å². The maximum Gasteiger partial charge on any atom is 0.203 e. The highest BCUT2D eigenvalue weighted by Gasteiger charge is 2.09. The van der Waals surface area contributed by atoms with Gasteiger partial charge in [-0.05, 0) is 18.2 Å². The fraction of sp³-hybridized carbons (Fsp3) is 0.118. The zero-order valence-electron chi connectivity index (χ0n) is 12.1. The predicted octanol–water partition coefficient (Wildman–Crippen LogP) is 4.60. The van der Waals surface area contributed by atoms with Crippen molar-refractivity contribution >= 4 is 21.9 Å². The van der Waals surface area contributed by atoms with Gasteiger partial charge in [0.05, 0.1) is 11.9 Å². The van der Waals surface area contributed by atoms with E-state index in [1.54, 1.807) is 12.1 Å². The molecular formula is C17H15BrFN3. The number of hydrogen-bond acceptors (Lipinski definition) is 2. The standard InChI is InChI=1S/C17H15BrFN3/c1-22-16(12-6-4-7-14(18)9-12)11-21-17(22)20-10-13-5-2-3-8-15(13)19/h2-9,11H,10H2,1H3,(H,20,21). The lowest BCUT2D eigenvalue weighted by atomic mass is 10.2. The fourth-order valence-corrected chi connectivity index (χ4v) is 2.71. The molecule has 112 valence electrons. The molecule has 2 aromatic carbocycles. The molecule has 0 bridgehead atoms. The summed E-state index contributed by atoms with van der Waals surface area (Å²) >= 11 is 3.47. The van der Waals surface area contributed by atoms with Crippen LogP contribution in [0.15, 0.2) is 59.2 Å². The number of imidazole rings is 1. The number of nitrogens with one attached hydrogen (secondary N) is 1. The van der Waals surface area contributed by atoms with Crippen LogP contribution < -0.4 is 5.32 Å². The average molecular weight is 360 g/mol. The van der Waals surface area contributed by atoms with E-state index >= 15 is 0 Å². The summed E-state index contributed by atoms with van der Waals surface area (Å²) in [5.74, 6) is 0.495. The van der Waals surface area contributed by atoms with Gasteiger partial charge in [0.2, 0.25) is 5.95 Å². The first kappa shape index (κ1) is 14.8. The van der Waals surface area contributed by atoms with Crippen LogP contribution in [0.2, 0.25) is 0 Å². The highest BCUT2D eigenvalue weighted by Crippen LogP contribution is 2.25. The Morgan fingerprint density at radius 1 is 1.18 bits per heavy atom. The van der Waals surface area contributed by atoms with E-state index in [0.29, 0.717) is 18.1 Å². The molecule has 0 amide bonds. The predicted molar refractivity (Wildman–Crippen MR) is 90.1 cm³/mol. The zero-order chi connectivity index (χ0) is 15.5. The SMILES string of the molecule is Cn1c(-c2cccc(Br)c2)cnc1NCc1ccccc1F. The zero-order valence-corrected chi connectivity index (χ0v) is 13.6. The highest BCUT2D eigenvalue weighted by atomic mass is 79.9. The Balaban J connectivity index is 1.81. The molecule has 0 saturated heterocycles. The van der Waals surface area contributed by atoms with Crippen molar-refractivity contribution < 1.29 is 4.39 Å². The van der Waals surface area contributed by atoms with E-state index in [1.165, 1.54) is 6.07 Å². The van der Waals surface area contributed by atoms with Crippen molar-refractivity contribution in [2.75, 3.05) is 5.32 Å². The summed E-state index contributed by atoms with van der Waals surface area (Å²) in [7, 11) is 1.94. The second-order valence-electron chi connectivity index (χ2n) is 4.98. The molecule has 3 rings (SSSR count). The van der Waals surface area contributed by atoms with E-state index in [9.17, 15) is 4.39 Å². The normalized spacial score (nSPS) is 10.7. The van der Waals surface area contributed by atoms with Gasteiger partial charge < -0.3 is 9.88 Å². The minimum atomic E-state index is -0.212. The van der Waals surface area contributed by atoms with E-state index in [-0.39, 0.29) is 5.82 Å². The van der Waals surface area contributed by atoms with E-state index < -0.39 is 0 Å². The summed E-state index contributed by atoms with van der Waals surface area (Å²) < 4.78 is 16.6. The van der Waals surface area contributed by atoms with Crippen LogP contribution in [0.1, 0.15) is 5.56 Å². The molecule has 3 nitrogen and oxygen atoms in total. The molecule has 0 aliphatic rings. The van der Waals surface area contributed by atoms with Crippen molar-refractivity contribution in [1.29, 1.82) is 0 Å². The van der Waals surface area contributed by atoms with Gasteiger partial charge in [-0.1, -0.05) is 46.3 Å². The molecular weight excluding hydrogens is 345 g/mol. The molecule has 22 heavy (non-hydrogen) atoms. The molecule has 0 saturated carbocycles. The van der Waals surface area contributed by atoms with Crippen LogP contribution in [-0.2, 0) is 13.6 Å². The first-order chi connectivity index (χ1) is 10.6. The van der Waals surface area contributed by atoms with Crippen molar-refractivity contribution in [2.45, 2.75) is 6.54 Å². The first-order valence-electron chi connectivity index (χ1n) is 6.90. The van der Waals surface area contributed by atoms with Crippen LogP contribution in [0.3, 0.4) is 0 Å². The Bertz CT molecular complexity index is 798. The average Bonchev–Trinajstić information content (AvgIpc) is 2.87. The lowest BCUT2D eigenvalue weighted by Gasteiger charge is -2.09. The summed E-state index contributed by atoms with van der Waals surface area (Å²) in [6.45, 7) is 0.398. The summed E-state index contributed by atoms with van der Waals surface area (Å²) in [6, 6.07) is 14.8. The van der Waals surface area contributed by atoms with E-state index in [0.717, 1.165) is 15.7 Å². The molecule has 5 heteroatoms. The Morgan fingerprint density at radius 3 is 2.77 bits per heavy atom. The van der Waals surface area contributed by atoms with Crippen LogP contribution >= 0.6 is 15.9 Å². The molecule has 0 fully saturated rings. The second-order valence-corrected chi connectivity index (χ2v) is 5.90. The van der Waals surface area contributed by atoms with Gasteiger partial charge in [-0.15, -0.1) is 0 Å². The smallest absolute Gasteiger partial charge is 0.203 e. The van der Waals surface area contributed by atoms with Gasteiger partial charge >= 0.3 is 0 Å². The monoisotopic (exact) mass is 359 g/mol. The number of nitrogens with zero attached hydrogens (tertiary/aromatic N) is 2. The molecule has 0 radical (unpaired) electrons. The van der Waals surface area contributed by atoms with E-state index in [4.69, 9.17) is 0 Å². The van der Waals surface area contributed by atoms with Crippen molar-refractivity contribution in [3.8, 4) is 11.3 Å². The van der Waals surface area contributed by atoms with Crippen LogP contribution in [0.4, 0.5) is 10.3 Å². The summed E-state index contributed by atoms with van der Waals surface area (Å²) in [6.07, 6.45) is 1.81. The van der Waals surface area contributed by atoms with Gasteiger partial charge in [0.15, 0.2) is 0 Å². The number of hydrogen-bond donors (Lipinski definition) is 1. The van der Waals surface area contributed by atoms with E-state index in [1.807, 2.05) is 48.1 Å². The van der Waals surface area contributed by atoms with Crippen LogP contribution in [-0.4, -0.2) is 9.55 Å². The summed E-state index contributed by atoms with van der Waals surface area (Å²) in [4.78, 5) is 4.38. The number of anilines is 1.